The van der Waals surface area contributed by atoms with Gasteiger partial charge in [-0.05, 0) is 19.1 Å². The van der Waals surface area contributed by atoms with E-state index in [-0.39, 0.29) is 11.0 Å². The number of benzene rings is 2. The molecule has 1 aromatic heterocycles. The van der Waals surface area contributed by atoms with E-state index in [0.29, 0.717) is 36.8 Å². The molecule has 0 fully saturated rings. The largest absolute Gasteiger partial charge is 0.489 e. The van der Waals surface area contributed by atoms with E-state index in [9.17, 15) is 18.0 Å². The Labute approximate surface area is 164 Å². The van der Waals surface area contributed by atoms with E-state index in [4.69, 9.17) is 9.47 Å². The number of hydrogen-bond acceptors (Lipinski definition) is 4. The van der Waals surface area contributed by atoms with E-state index < -0.39 is 24.5 Å². The summed E-state index contributed by atoms with van der Waals surface area (Å²) >= 11 is 0. The lowest BCUT2D eigenvalue weighted by Gasteiger charge is -2.13. The topological polar surface area (TPSA) is 65.4 Å². The third-order valence-electron chi connectivity index (χ3n) is 4.51. The monoisotopic (exact) mass is 405 g/mol. The van der Waals surface area contributed by atoms with Crippen molar-refractivity contribution in [2.24, 2.45) is 0 Å². The van der Waals surface area contributed by atoms with Crippen LogP contribution in [-0.2, 0) is 17.5 Å². The first-order chi connectivity index (χ1) is 13.8. The number of fused-ring (bicyclic) bond motifs is 2. The number of rotatable bonds is 3. The smallest absolute Gasteiger partial charge is 0.449 e. The Morgan fingerprint density at radius 2 is 1.79 bits per heavy atom. The van der Waals surface area contributed by atoms with Gasteiger partial charge < -0.3 is 19.4 Å². The molecule has 9 heteroatoms. The molecule has 0 radical (unpaired) electrons. The molecule has 0 saturated heterocycles. The molecule has 152 valence electrons. The maximum atomic E-state index is 13.6. The molecule has 0 bridgehead atoms. The van der Waals surface area contributed by atoms with Gasteiger partial charge in [-0.25, -0.2) is 4.98 Å². The van der Waals surface area contributed by atoms with Gasteiger partial charge in [-0.3, -0.25) is 4.79 Å². The lowest BCUT2D eigenvalue weighted by Crippen LogP contribution is -2.23. The van der Waals surface area contributed by atoms with Crippen molar-refractivity contribution < 1.29 is 27.4 Å². The van der Waals surface area contributed by atoms with Crippen LogP contribution in [0.4, 0.5) is 18.9 Å². The van der Waals surface area contributed by atoms with Crippen molar-refractivity contribution in [2.45, 2.75) is 26.1 Å². The second-order valence-electron chi connectivity index (χ2n) is 6.77. The number of carbonyl (C=O) groups excluding carboxylic acids is 1. The Kier molecular flexibility index (Phi) is 4.81. The van der Waals surface area contributed by atoms with Crippen molar-refractivity contribution in [2.75, 3.05) is 18.5 Å². The quantitative estimate of drug-likeness (QED) is 0.711. The van der Waals surface area contributed by atoms with Gasteiger partial charge >= 0.3 is 6.18 Å². The molecule has 3 aromatic rings. The highest BCUT2D eigenvalue weighted by Crippen LogP contribution is 2.37. The molecule has 29 heavy (non-hydrogen) atoms. The van der Waals surface area contributed by atoms with Crippen LogP contribution < -0.4 is 14.8 Å². The first-order valence-corrected chi connectivity index (χ1v) is 9.05. The number of anilines is 1. The van der Waals surface area contributed by atoms with Crippen molar-refractivity contribution in [3.63, 3.8) is 0 Å². The molecule has 4 rings (SSSR count). The summed E-state index contributed by atoms with van der Waals surface area (Å²) in [5.41, 5.74) is 1.75. The number of hydrogen-bond donors (Lipinski definition) is 1. The predicted molar refractivity (Wildman–Crippen MR) is 100 cm³/mol. The first-order valence-electron chi connectivity index (χ1n) is 9.05. The van der Waals surface area contributed by atoms with Gasteiger partial charge in [0, 0.05) is 24.2 Å². The van der Waals surface area contributed by atoms with Crippen LogP contribution in [0.5, 0.6) is 11.5 Å². The molecule has 0 saturated carbocycles. The fourth-order valence-electron chi connectivity index (χ4n) is 3.14. The fraction of sp³-hybridized carbons (Fsp3) is 0.300. The average Bonchev–Trinajstić information content (AvgIpc) is 2.85. The number of ether oxygens (including phenoxy) is 2. The Hall–Kier alpha value is -3.23. The molecule has 6 nitrogen and oxygen atoms in total. The number of imidazole rings is 1. The van der Waals surface area contributed by atoms with Crippen LogP contribution in [0.1, 0.15) is 17.8 Å². The molecule has 0 spiro atoms. The molecule has 1 aliphatic rings. The highest BCUT2D eigenvalue weighted by atomic mass is 19.4. The number of nitrogens with zero attached hydrogens (tertiary/aromatic N) is 2. The van der Waals surface area contributed by atoms with E-state index in [1.54, 1.807) is 24.3 Å². The van der Waals surface area contributed by atoms with Gasteiger partial charge in [0.05, 0.1) is 24.2 Å². The van der Waals surface area contributed by atoms with Gasteiger partial charge in [-0.1, -0.05) is 17.7 Å². The molecule has 0 atom stereocenters. The summed E-state index contributed by atoms with van der Waals surface area (Å²) in [6, 6.07) is 9.84. The molecule has 1 aliphatic heterocycles. The zero-order chi connectivity index (χ0) is 20.6. The first kappa shape index (κ1) is 19.1. The number of amides is 1. The van der Waals surface area contributed by atoms with Crippen LogP contribution in [0.3, 0.4) is 0 Å². The van der Waals surface area contributed by atoms with Crippen molar-refractivity contribution in [1.82, 2.24) is 9.55 Å². The van der Waals surface area contributed by atoms with Gasteiger partial charge in [0.15, 0.2) is 11.5 Å². The lowest BCUT2D eigenvalue weighted by atomic mass is 10.2. The van der Waals surface area contributed by atoms with Gasteiger partial charge in [0.1, 0.15) is 6.54 Å². The summed E-state index contributed by atoms with van der Waals surface area (Å²) in [6.07, 6.45) is -4.05. The molecule has 2 heterocycles. The van der Waals surface area contributed by atoms with Crippen molar-refractivity contribution >= 4 is 22.6 Å². The molecule has 1 amide bonds. The van der Waals surface area contributed by atoms with Crippen molar-refractivity contribution in [3.05, 3.63) is 47.8 Å². The summed E-state index contributed by atoms with van der Waals surface area (Å²) in [7, 11) is 0. The minimum Gasteiger partial charge on any atom is -0.489 e. The summed E-state index contributed by atoms with van der Waals surface area (Å²) in [5, 5.41) is 2.61. The van der Waals surface area contributed by atoms with Gasteiger partial charge in [-0.15, -0.1) is 0 Å². The predicted octanol–water partition coefficient (Wildman–Crippen LogP) is 4.16. The summed E-state index contributed by atoms with van der Waals surface area (Å²) in [4.78, 5) is 16.2. The van der Waals surface area contributed by atoms with Gasteiger partial charge in [0.2, 0.25) is 11.7 Å². The van der Waals surface area contributed by atoms with Crippen LogP contribution >= 0.6 is 0 Å². The van der Waals surface area contributed by atoms with E-state index in [2.05, 4.69) is 10.3 Å². The standard InChI is InChI=1S/C20H18F3N3O3/c1-12-3-5-13(6-4-12)24-18(27)11-26-15-10-17-16(28-7-2-8-29-17)9-14(15)25-19(26)20(21,22)23/h3-6,9-10H,2,7-8,11H2,1H3,(H,24,27). The third kappa shape index (κ3) is 3.98. The maximum absolute atomic E-state index is 13.6. The minimum atomic E-state index is -4.72. The third-order valence-corrected chi connectivity index (χ3v) is 4.51. The summed E-state index contributed by atoms with van der Waals surface area (Å²) < 4.78 is 52.7. The number of nitrogens with one attached hydrogen (secondary N) is 1. The van der Waals surface area contributed by atoms with Gasteiger partial charge in [0.25, 0.3) is 0 Å². The maximum Gasteiger partial charge on any atom is 0.449 e. The molecule has 2 aromatic carbocycles. The molecule has 1 N–H and O–H groups in total. The number of aryl methyl sites for hydroxylation is 1. The number of carbonyl (C=O) groups is 1. The van der Waals surface area contributed by atoms with E-state index in [1.807, 2.05) is 6.92 Å². The molecule has 0 unspecified atom stereocenters. The van der Waals surface area contributed by atoms with E-state index in [1.165, 1.54) is 12.1 Å². The van der Waals surface area contributed by atoms with Crippen LogP contribution in [0, 0.1) is 6.92 Å². The van der Waals surface area contributed by atoms with E-state index in [0.717, 1.165) is 10.1 Å². The SMILES string of the molecule is Cc1ccc(NC(=O)Cn2c(C(F)(F)F)nc3cc4c(cc32)OCCCO4)cc1. The Morgan fingerprint density at radius 1 is 1.14 bits per heavy atom. The fourth-order valence-corrected chi connectivity index (χ4v) is 3.14. The molecular formula is C20H18F3N3O3. The number of alkyl halides is 3. The zero-order valence-electron chi connectivity index (χ0n) is 15.5. The number of aromatic nitrogens is 2. The van der Waals surface area contributed by atoms with Crippen LogP contribution in [0.2, 0.25) is 0 Å². The van der Waals surface area contributed by atoms with Crippen molar-refractivity contribution in [3.8, 4) is 11.5 Å². The Bertz CT molecular complexity index is 1060. The normalized spacial score (nSPS) is 13.9. The van der Waals surface area contributed by atoms with Crippen LogP contribution in [0.15, 0.2) is 36.4 Å². The number of halogens is 3. The van der Waals surface area contributed by atoms with Crippen LogP contribution in [0.25, 0.3) is 11.0 Å². The van der Waals surface area contributed by atoms with Gasteiger partial charge in [-0.2, -0.15) is 13.2 Å². The average molecular weight is 405 g/mol. The highest BCUT2D eigenvalue weighted by molar-refractivity contribution is 5.92. The second-order valence-corrected chi connectivity index (χ2v) is 6.77. The second kappa shape index (κ2) is 7.31. The lowest BCUT2D eigenvalue weighted by molar-refractivity contribution is -0.147. The highest BCUT2D eigenvalue weighted by Gasteiger charge is 2.38. The Balaban J connectivity index is 1.71. The Morgan fingerprint density at radius 3 is 2.45 bits per heavy atom. The van der Waals surface area contributed by atoms with E-state index >= 15 is 0 Å². The molecule has 0 aliphatic carbocycles. The molecular weight excluding hydrogens is 387 g/mol. The summed E-state index contributed by atoms with van der Waals surface area (Å²) in [6.45, 7) is 2.16. The zero-order valence-corrected chi connectivity index (χ0v) is 15.5. The van der Waals surface area contributed by atoms with Crippen molar-refractivity contribution in [1.29, 1.82) is 0 Å². The summed E-state index contributed by atoms with van der Waals surface area (Å²) in [5.74, 6) is -1.06. The minimum absolute atomic E-state index is 0.0877. The van der Waals surface area contributed by atoms with Crippen LogP contribution in [-0.4, -0.2) is 28.7 Å².